The molecule has 12 heteroatoms. The summed E-state index contributed by atoms with van der Waals surface area (Å²) in [5, 5.41) is 8.89. The average Bonchev–Trinajstić information content (AvgIpc) is 2.75. The van der Waals surface area contributed by atoms with Crippen LogP contribution in [0.4, 0.5) is 43.9 Å². The molecule has 0 saturated carbocycles. The minimum atomic E-state index is -2.45. The molecule has 3 rings (SSSR count). The molecule has 3 aromatic rings. The Bertz CT molecular complexity index is 1220. The van der Waals surface area contributed by atoms with E-state index in [1.807, 2.05) is 0 Å². The molecule has 0 bridgehead atoms. The van der Waals surface area contributed by atoms with Crippen molar-refractivity contribution in [3.8, 4) is 28.5 Å². The number of hydrogen-bond donors (Lipinski definition) is 0. The van der Waals surface area contributed by atoms with Crippen molar-refractivity contribution >= 4 is 0 Å². The third-order valence-electron chi connectivity index (χ3n) is 4.20. The third-order valence-corrected chi connectivity index (χ3v) is 4.20. The van der Waals surface area contributed by atoms with Gasteiger partial charge in [0, 0.05) is 11.8 Å². The number of benzene rings is 2. The van der Waals surface area contributed by atoms with Crippen LogP contribution in [0.15, 0.2) is 12.3 Å². The minimum absolute atomic E-state index is 0.387. The Morgan fingerprint density at radius 2 is 1.00 bits per heavy atom. The smallest absolute Gasteiger partial charge is 0.200 e. The van der Waals surface area contributed by atoms with E-state index < -0.39 is 92.5 Å². The lowest BCUT2D eigenvalue weighted by Crippen LogP contribution is -2.07. The minimum Gasteiger partial charge on any atom is -0.255 e. The molecule has 0 radical (unpaired) electrons. The highest BCUT2D eigenvalue weighted by Crippen LogP contribution is 2.36. The van der Waals surface area contributed by atoms with Gasteiger partial charge in [-0.2, -0.15) is 5.26 Å². The van der Waals surface area contributed by atoms with Crippen LogP contribution in [0.1, 0.15) is 5.56 Å². The molecule has 0 atom stereocenters. The van der Waals surface area contributed by atoms with Crippen molar-refractivity contribution in [3.63, 3.8) is 0 Å². The van der Waals surface area contributed by atoms with Gasteiger partial charge in [-0.3, -0.25) is 4.98 Å². The van der Waals surface area contributed by atoms with E-state index in [0.29, 0.717) is 12.3 Å². The molecule has 31 heavy (non-hydrogen) atoms. The van der Waals surface area contributed by atoms with Crippen LogP contribution in [0, 0.1) is 69.5 Å². The van der Waals surface area contributed by atoms with Crippen LogP contribution in [0.5, 0.6) is 0 Å². The van der Waals surface area contributed by atoms with Crippen molar-refractivity contribution in [3.05, 3.63) is 76.0 Å². The van der Waals surface area contributed by atoms with Gasteiger partial charge in [-0.05, 0) is 11.6 Å². The maximum absolute atomic E-state index is 14.1. The predicted molar refractivity (Wildman–Crippen MR) is 84.0 cm³/mol. The summed E-state index contributed by atoms with van der Waals surface area (Å²) in [7, 11) is 0. The van der Waals surface area contributed by atoms with Gasteiger partial charge in [0.2, 0.25) is 11.6 Å². The van der Waals surface area contributed by atoms with Gasteiger partial charge in [-0.1, -0.05) is 0 Å². The Labute approximate surface area is 166 Å². The van der Waals surface area contributed by atoms with Crippen LogP contribution in [0.3, 0.4) is 0 Å². The first-order chi connectivity index (χ1) is 14.5. The maximum Gasteiger partial charge on any atom is 0.200 e. The van der Waals surface area contributed by atoms with Gasteiger partial charge in [-0.15, -0.1) is 0 Å². The lowest BCUT2D eigenvalue weighted by atomic mass is 9.96. The first-order valence-electron chi connectivity index (χ1n) is 7.92. The maximum atomic E-state index is 14.1. The fraction of sp³-hybridized carbons (Fsp3) is 0.0526. The fourth-order valence-corrected chi connectivity index (χ4v) is 2.76. The Kier molecular flexibility index (Phi) is 5.62. The molecule has 0 unspecified atom stereocenters. The molecule has 0 aliphatic rings. The van der Waals surface area contributed by atoms with Gasteiger partial charge < -0.3 is 0 Å². The zero-order chi connectivity index (χ0) is 23.2. The van der Waals surface area contributed by atoms with E-state index in [0.717, 1.165) is 0 Å². The van der Waals surface area contributed by atoms with Gasteiger partial charge in [0.25, 0.3) is 0 Å². The molecular formula is C19H4F10N2. The van der Waals surface area contributed by atoms with Crippen LogP contribution in [-0.4, -0.2) is 4.98 Å². The van der Waals surface area contributed by atoms with E-state index in [4.69, 9.17) is 5.26 Å². The number of halogens is 10. The normalized spacial score (nSPS) is 11.0. The van der Waals surface area contributed by atoms with E-state index in [1.54, 1.807) is 0 Å². The Morgan fingerprint density at radius 3 is 1.42 bits per heavy atom. The van der Waals surface area contributed by atoms with Gasteiger partial charge in [0.1, 0.15) is 0 Å². The summed E-state index contributed by atoms with van der Waals surface area (Å²) in [5.41, 5.74) is -5.31. The largest absolute Gasteiger partial charge is 0.255 e. The lowest BCUT2D eigenvalue weighted by Gasteiger charge is -2.14. The van der Waals surface area contributed by atoms with Gasteiger partial charge in [0.05, 0.1) is 29.3 Å². The van der Waals surface area contributed by atoms with Crippen LogP contribution < -0.4 is 0 Å². The number of pyridine rings is 1. The summed E-state index contributed by atoms with van der Waals surface area (Å²) >= 11 is 0. The van der Waals surface area contributed by atoms with E-state index in [9.17, 15) is 43.9 Å². The quantitative estimate of drug-likeness (QED) is 0.284. The highest BCUT2D eigenvalue weighted by atomic mass is 19.2. The Hall–Kier alpha value is -3.62. The summed E-state index contributed by atoms with van der Waals surface area (Å²) in [6.45, 7) is 0. The first-order valence-corrected chi connectivity index (χ1v) is 7.92. The van der Waals surface area contributed by atoms with Crippen molar-refractivity contribution in [2.75, 3.05) is 0 Å². The average molecular weight is 450 g/mol. The summed E-state index contributed by atoms with van der Waals surface area (Å²) in [6, 6.07) is 2.02. The first kappa shape index (κ1) is 22.1. The van der Waals surface area contributed by atoms with Crippen LogP contribution in [-0.2, 0) is 6.42 Å². The zero-order valence-corrected chi connectivity index (χ0v) is 14.5. The van der Waals surface area contributed by atoms with E-state index in [-0.39, 0.29) is 0 Å². The second kappa shape index (κ2) is 7.90. The number of hydrogen-bond acceptors (Lipinski definition) is 2. The fourth-order valence-electron chi connectivity index (χ4n) is 2.76. The molecule has 0 aliphatic carbocycles. The third kappa shape index (κ3) is 3.35. The number of aromatic nitrogens is 1. The molecule has 0 saturated heterocycles. The van der Waals surface area contributed by atoms with E-state index in [1.165, 1.54) is 6.07 Å². The Balaban J connectivity index is 2.34. The van der Waals surface area contributed by atoms with Gasteiger partial charge in [0.15, 0.2) is 46.5 Å². The van der Waals surface area contributed by atoms with Gasteiger partial charge >= 0.3 is 0 Å². The molecule has 0 N–H and O–H groups in total. The van der Waals surface area contributed by atoms with Crippen LogP contribution in [0.25, 0.3) is 22.4 Å². The molecular weight excluding hydrogens is 446 g/mol. The molecule has 2 aromatic carbocycles. The van der Waals surface area contributed by atoms with Crippen LogP contribution in [0.2, 0.25) is 0 Å². The molecule has 1 aromatic heterocycles. The van der Waals surface area contributed by atoms with Crippen LogP contribution >= 0.6 is 0 Å². The van der Waals surface area contributed by atoms with Crippen molar-refractivity contribution < 1.29 is 43.9 Å². The van der Waals surface area contributed by atoms with E-state index in [2.05, 4.69) is 4.98 Å². The van der Waals surface area contributed by atoms with Crippen molar-refractivity contribution in [1.29, 1.82) is 5.26 Å². The van der Waals surface area contributed by atoms with Crippen molar-refractivity contribution in [2.24, 2.45) is 0 Å². The standard InChI is InChI=1S/C19H4F10N2/c20-10-8(11(21)15(25)18(28)14(10)24)6-4-31-7(3-5(6)1-2-30)9-12(22)16(26)19(29)17(27)13(9)23/h3-4H,1H2. The topological polar surface area (TPSA) is 36.7 Å². The highest BCUT2D eigenvalue weighted by Gasteiger charge is 2.30. The summed E-state index contributed by atoms with van der Waals surface area (Å²) in [4.78, 5) is 3.35. The number of rotatable bonds is 3. The predicted octanol–water partition coefficient (Wildman–Crippen LogP) is 5.87. The Morgan fingerprint density at radius 1 is 0.613 bits per heavy atom. The van der Waals surface area contributed by atoms with Gasteiger partial charge in [-0.25, -0.2) is 43.9 Å². The molecule has 0 aliphatic heterocycles. The number of nitrogens with zero attached hydrogens (tertiary/aromatic N) is 2. The second-order valence-electron chi connectivity index (χ2n) is 5.95. The molecule has 1 heterocycles. The lowest BCUT2D eigenvalue weighted by molar-refractivity contribution is 0.381. The zero-order valence-electron chi connectivity index (χ0n) is 14.5. The molecule has 2 nitrogen and oxygen atoms in total. The summed E-state index contributed by atoms with van der Waals surface area (Å²) < 4.78 is 137. The summed E-state index contributed by atoms with van der Waals surface area (Å²) in [6.07, 6.45) is -0.419. The van der Waals surface area contributed by atoms with Crippen molar-refractivity contribution in [2.45, 2.75) is 6.42 Å². The number of nitriles is 1. The molecule has 0 amide bonds. The monoisotopic (exact) mass is 450 g/mol. The molecule has 0 spiro atoms. The highest BCUT2D eigenvalue weighted by molar-refractivity contribution is 5.72. The van der Waals surface area contributed by atoms with E-state index >= 15 is 0 Å². The molecule has 160 valence electrons. The second-order valence-corrected chi connectivity index (χ2v) is 5.95. The van der Waals surface area contributed by atoms with Crippen molar-refractivity contribution in [1.82, 2.24) is 4.98 Å². The molecule has 0 fully saturated rings. The SMILES string of the molecule is N#CCc1cc(-c2c(F)c(F)c(F)c(F)c2F)ncc1-c1c(F)c(F)c(F)c(F)c1F. The summed E-state index contributed by atoms with van der Waals surface area (Å²) in [5.74, 6) is -23.2.